The number of halogens is 1. The van der Waals surface area contributed by atoms with Gasteiger partial charge in [-0.15, -0.1) is 0 Å². The zero-order chi connectivity index (χ0) is 21.5. The first-order valence-corrected chi connectivity index (χ1v) is 10.7. The van der Waals surface area contributed by atoms with Gasteiger partial charge in [-0.25, -0.2) is 12.8 Å². The summed E-state index contributed by atoms with van der Waals surface area (Å²) in [6.45, 7) is 0.0818. The van der Waals surface area contributed by atoms with E-state index in [2.05, 4.69) is 0 Å². The highest BCUT2D eigenvalue weighted by Crippen LogP contribution is 2.42. The largest absolute Gasteiger partial charge is 0.486 e. The SMILES string of the molecule is O=[N+]([O-])c1cc2c(cc1S(=O)(=O)N(C[C@@H](O)c1ccc(F)cc1)C1CC1)OCCO2. The normalized spacial score (nSPS) is 17.0. The third-order valence-electron chi connectivity index (χ3n) is 4.97. The van der Waals surface area contributed by atoms with Crippen molar-refractivity contribution in [3.8, 4) is 11.5 Å². The summed E-state index contributed by atoms with van der Waals surface area (Å²) in [7, 11) is -4.34. The van der Waals surface area contributed by atoms with Crippen molar-refractivity contribution in [1.82, 2.24) is 4.31 Å². The molecule has 30 heavy (non-hydrogen) atoms. The number of nitro benzene ring substituents is 1. The molecule has 0 saturated heterocycles. The van der Waals surface area contributed by atoms with E-state index < -0.39 is 37.5 Å². The van der Waals surface area contributed by atoms with Crippen molar-refractivity contribution in [3.63, 3.8) is 0 Å². The molecular formula is C19H19FN2O7S. The predicted molar refractivity (Wildman–Crippen MR) is 102 cm³/mol. The monoisotopic (exact) mass is 438 g/mol. The summed E-state index contributed by atoms with van der Waals surface area (Å²) < 4.78 is 51.7. The number of benzene rings is 2. The second kappa shape index (κ2) is 7.82. The molecule has 1 saturated carbocycles. The first kappa shape index (κ1) is 20.5. The molecule has 2 aliphatic rings. The van der Waals surface area contributed by atoms with Crippen LogP contribution in [0.15, 0.2) is 41.3 Å². The number of nitrogens with zero attached hydrogens (tertiary/aromatic N) is 2. The van der Waals surface area contributed by atoms with Crippen molar-refractivity contribution in [2.75, 3.05) is 19.8 Å². The van der Waals surface area contributed by atoms with Gasteiger partial charge in [0.2, 0.25) is 10.0 Å². The van der Waals surface area contributed by atoms with Crippen LogP contribution < -0.4 is 9.47 Å². The van der Waals surface area contributed by atoms with Gasteiger partial charge in [-0.2, -0.15) is 4.31 Å². The third-order valence-corrected chi connectivity index (χ3v) is 6.92. The van der Waals surface area contributed by atoms with Gasteiger partial charge in [0.1, 0.15) is 19.0 Å². The van der Waals surface area contributed by atoms with Gasteiger partial charge in [0.15, 0.2) is 16.4 Å². The molecule has 2 aromatic rings. The molecule has 1 atom stereocenters. The summed E-state index contributed by atoms with van der Waals surface area (Å²) >= 11 is 0. The Morgan fingerprint density at radius 2 is 1.77 bits per heavy atom. The van der Waals surface area contributed by atoms with E-state index in [0.29, 0.717) is 18.4 Å². The predicted octanol–water partition coefficient (Wildman–Crippen LogP) is 2.39. The fraction of sp³-hybridized carbons (Fsp3) is 0.368. The van der Waals surface area contributed by atoms with Crippen LogP contribution in [0.3, 0.4) is 0 Å². The van der Waals surface area contributed by atoms with Gasteiger partial charge in [-0.3, -0.25) is 10.1 Å². The summed E-state index contributed by atoms with van der Waals surface area (Å²) in [5.74, 6) is -0.263. The van der Waals surface area contributed by atoms with Crippen LogP contribution in [0.5, 0.6) is 11.5 Å². The first-order chi connectivity index (χ1) is 14.3. The van der Waals surface area contributed by atoms with Gasteiger partial charge in [-0.05, 0) is 30.5 Å². The van der Waals surface area contributed by atoms with Crippen molar-refractivity contribution < 1.29 is 32.3 Å². The van der Waals surface area contributed by atoms with Crippen molar-refractivity contribution in [3.05, 3.63) is 57.9 Å². The Hall–Kier alpha value is -2.76. The van der Waals surface area contributed by atoms with Crippen LogP contribution >= 0.6 is 0 Å². The van der Waals surface area contributed by atoms with Gasteiger partial charge >= 0.3 is 0 Å². The van der Waals surface area contributed by atoms with E-state index in [0.717, 1.165) is 16.4 Å². The lowest BCUT2D eigenvalue weighted by Gasteiger charge is -2.25. The molecule has 0 unspecified atom stereocenters. The second-order valence-corrected chi connectivity index (χ2v) is 8.95. The summed E-state index contributed by atoms with van der Waals surface area (Å²) in [5, 5.41) is 22.1. The van der Waals surface area contributed by atoms with Crippen molar-refractivity contribution in [1.29, 1.82) is 0 Å². The minimum atomic E-state index is -4.34. The Kier molecular flexibility index (Phi) is 5.35. The number of fused-ring (bicyclic) bond motifs is 1. The highest BCUT2D eigenvalue weighted by atomic mass is 32.2. The fourth-order valence-corrected chi connectivity index (χ4v) is 5.15. The molecule has 11 heteroatoms. The summed E-state index contributed by atoms with van der Waals surface area (Å²) in [6.07, 6.45) is -0.0706. The molecule has 1 fully saturated rings. The molecule has 9 nitrogen and oxygen atoms in total. The average molecular weight is 438 g/mol. The second-order valence-electron chi connectivity index (χ2n) is 7.09. The minimum Gasteiger partial charge on any atom is -0.486 e. The maximum absolute atomic E-state index is 13.4. The Morgan fingerprint density at radius 1 is 1.17 bits per heavy atom. The van der Waals surface area contributed by atoms with E-state index in [1.54, 1.807) is 0 Å². The Labute approximate surface area is 171 Å². The molecule has 0 bridgehead atoms. The quantitative estimate of drug-likeness (QED) is 0.521. The van der Waals surface area contributed by atoms with Gasteiger partial charge in [0.25, 0.3) is 5.69 Å². The number of sulfonamides is 1. The van der Waals surface area contributed by atoms with Crippen LogP contribution in [0.25, 0.3) is 0 Å². The Bertz CT molecular complexity index is 1070. The maximum Gasteiger partial charge on any atom is 0.293 e. The summed E-state index contributed by atoms with van der Waals surface area (Å²) in [6, 6.07) is 6.83. The van der Waals surface area contributed by atoms with Crippen LogP contribution in [-0.2, 0) is 10.0 Å². The number of nitro groups is 1. The number of hydrogen-bond acceptors (Lipinski definition) is 7. The van der Waals surface area contributed by atoms with Crippen molar-refractivity contribution >= 4 is 15.7 Å². The lowest BCUT2D eigenvalue weighted by Crippen LogP contribution is -2.37. The molecule has 1 aliphatic carbocycles. The zero-order valence-electron chi connectivity index (χ0n) is 15.7. The zero-order valence-corrected chi connectivity index (χ0v) is 16.5. The molecular weight excluding hydrogens is 419 g/mol. The average Bonchev–Trinajstić information content (AvgIpc) is 3.56. The van der Waals surface area contributed by atoms with Gasteiger partial charge in [-0.1, -0.05) is 12.1 Å². The Balaban J connectivity index is 1.71. The molecule has 4 rings (SSSR count). The van der Waals surface area contributed by atoms with Gasteiger partial charge < -0.3 is 14.6 Å². The van der Waals surface area contributed by atoms with Crippen LogP contribution in [0.4, 0.5) is 10.1 Å². The van der Waals surface area contributed by atoms with E-state index in [1.165, 1.54) is 24.3 Å². The van der Waals surface area contributed by atoms with Crippen molar-refractivity contribution in [2.45, 2.75) is 29.9 Å². The maximum atomic E-state index is 13.4. The van der Waals surface area contributed by atoms with E-state index in [1.807, 2.05) is 0 Å². The molecule has 0 aromatic heterocycles. The number of hydrogen-bond donors (Lipinski definition) is 1. The van der Waals surface area contributed by atoms with E-state index in [-0.39, 0.29) is 37.3 Å². The number of rotatable bonds is 7. The minimum absolute atomic E-state index is 0.108. The van der Waals surface area contributed by atoms with Crippen molar-refractivity contribution in [2.24, 2.45) is 0 Å². The fourth-order valence-electron chi connectivity index (χ4n) is 3.30. The molecule has 0 radical (unpaired) electrons. The van der Waals surface area contributed by atoms with E-state index in [4.69, 9.17) is 9.47 Å². The van der Waals surface area contributed by atoms with Crippen LogP contribution in [0.2, 0.25) is 0 Å². The number of ether oxygens (including phenoxy) is 2. The standard InChI is InChI=1S/C19H19FN2O7S/c20-13-3-1-12(2-4-13)16(23)11-21(14-5-6-14)30(26,27)19-10-18-17(28-7-8-29-18)9-15(19)22(24)25/h1-4,9-10,14,16,23H,5-8,11H2/t16-/m1/s1. The lowest BCUT2D eigenvalue weighted by molar-refractivity contribution is -0.388. The third kappa shape index (κ3) is 3.95. The molecule has 160 valence electrons. The molecule has 1 heterocycles. The number of aliphatic hydroxyl groups excluding tert-OH is 1. The Morgan fingerprint density at radius 3 is 2.33 bits per heavy atom. The number of aliphatic hydroxyl groups is 1. The molecule has 1 aliphatic heterocycles. The smallest absolute Gasteiger partial charge is 0.293 e. The highest BCUT2D eigenvalue weighted by Gasteiger charge is 2.42. The lowest BCUT2D eigenvalue weighted by atomic mass is 10.1. The van der Waals surface area contributed by atoms with E-state index >= 15 is 0 Å². The van der Waals surface area contributed by atoms with Crippen LogP contribution in [0.1, 0.15) is 24.5 Å². The van der Waals surface area contributed by atoms with Gasteiger partial charge in [0.05, 0.1) is 17.1 Å². The van der Waals surface area contributed by atoms with E-state index in [9.17, 15) is 28.0 Å². The molecule has 2 aromatic carbocycles. The summed E-state index contributed by atoms with van der Waals surface area (Å²) in [4.78, 5) is 10.3. The summed E-state index contributed by atoms with van der Waals surface area (Å²) in [5.41, 5.74) is -0.282. The molecule has 0 spiro atoms. The van der Waals surface area contributed by atoms with Gasteiger partial charge in [0, 0.05) is 18.7 Å². The van der Waals surface area contributed by atoms with Crippen LogP contribution in [0, 0.1) is 15.9 Å². The molecule has 1 N–H and O–H groups in total. The highest BCUT2D eigenvalue weighted by molar-refractivity contribution is 7.89. The van der Waals surface area contributed by atoms with Crippen LogP contribution in [-0.4, -0.2) is 48.6 Å². The first-order valence-electron chi connectivity index (χ1n) is 9.31. The topological polar surface area (TPSA) is 119 Å². The molecule has 0 amide bonds.